The van der Waals surface area contributed by atoms with Crippen molar-refractivity contribution < 1.29 is 4.79 Å². The Hall–Kier alpha value is -1.90. The minimum Gasteiger partial charge on any atom is -0.354 e. The van der Waals surface area contributed by atoms with E-state index in [9.17, 15) is 4.79 Å². The standard InChI is InChI=1S/C16H16ClN5OS2/c1-22(2)16-21-14-13(25-16)15(20-9-19-14)24-8-12(23)18-7-10-3-5-11(17)6-4-10/h3-6,9H,7-8H2,1-2H3,(H,18,23). The summed E-state index contributed by atoms with van der Waals surface area (Å²) in [6.45, 7) is 0.473. The lowest BCUT2D eigenvalue weighted by molar-refractivity contribution is -0.118. The molecule has 0 radical (unpaired) electrons. The first-order chi connectivity index (χ1) is 12.0. The third kappa shape index (κ3) is 4.59. The zero-order valence-corrected chi connectivity index (χ0v) is 16.1. The highest BCUT2D eigenvalue weighted by atomic mass is 35.5. The summed E-state index contributed by atoms with van der Waals surface area (Å²) < 4.78 is 0.904. The van der Waals surface area contributed by atoms with Gasteiger partial charge in [-0.05, 0) is 17.7 Å². The Kier molecular flexibility index (Phi) is 5.72. The molecule has 6 nitrogen and oxygen atoms in total. The number of aromatic nitrogens is 3. The quantitative estimate of drug-likeness (QED) is 0.512. The third-order valence-electron chi connectivity index (χ3n) is 3.27. The Bertz CT molecular complexity index is 882. The molecule has 0 saturated carbocycles. The minimum absolute atomic E-state index is 0.0518. The van der Waals surface area contributed by atoms with Crippen LogP contribution in [0, 0.1) is 0 Å². The second kappa shape index (κ2) is 7.99. The molecule has 1 N–H and O–H groups in total. The van der Waals surface area contributed by atoms with Crippen LogP contribution in [0.5, 0.6) is 0 Å². The molecule has 25 heavy (non-hydrogen) atoms. The summed E-state index contributed by atoms with van der Waals surface area (Å²) in [7, 11) is 3.87. The predicted molar refractivity (Wildman–Crippen MR) is 104 cm³/mol. The number of thiazole rings is 1. The van der Waals surface area contributed by atoms with Gasteiger partial charge in [-0.25, -0.2) is 9.97 Å². The molecule has 0 unspecified atom stereocenters. The number of carbonyl (C=O) groups is 1. The van der Waals surface area contributed by atoms with Gasteiger partial charge in [0.25, 0.3) is 0 Å². The Morgan fingerprint density at radius 2 is 2.04 bits per heavy atom. The Morgan fingerprint density at radius 3 is 2.76 bits per heavy atom. The molecule has 0 bridgehead atoms. The van der Waals surface area contributed by atoms with Crippen LogP contribution in [0.3, 0.4) is 0 Å². The lowest BCUT2D eigenvalue weighted by Gasteiger charge is -2.05. The van der Waals surface area contributed by atoms with Gasteiger partial charge in [-0.3, -0.25) is 4.79 Å². The molecular weight excluding hydrogens is 378 g/mol. The van der Waals surface area contributed by atoms with Crippen LogP contribution in [0.25, 0.3) is 10.3 Å². The monoisotopic (exact) mass is 393 g/mol. The van der Waals surface area contributed by atoms with E-state index in [2.05, 4.69) is 20.3 Å². The van der Waals surface area contributed by atoms with E-state index in [-0.39, 0.29) is 11.7 Å². The van der Waals surface area contributed by atoms with Crippen molar-refractivity contribution in [1.82, 2.24) is 20.3 Å². The fraction of sp³-hybridized carbons (Fsp3) is 0.250. The molecule has 0 saturated heterocycles. The number of amides is 1. The van der Waals surface area contributed by atoms with Crippen LogP contribution in [-0.2, 0) is 11.3 Å². The molecule has 0 aliphatic rings. The highest BCUT2D eigenvalue weighted by Gasteiger charge is 2.13. The van der Waals surface area contributed by atoms with E-state index in [1.807, 2.05) is 43.3 Å². The molecule has 2 aromatic heterocycles. The molecule has 0 aliphatic heterocycles. The van der Waals surface area contributed by atoms with E-state index in [1.165, 1.54) is 29.4 Å². The van der Waals surface area contributed by atoms with Crippen LogP contribution in [0.15, 0.2) is 35.6 Å². The Morgan fingerprint density at radius 1 is 1.28 bits per heavy atom. The van der Waals surface area contributed by atoms with Crippen LogP contribution >= 0.6 is 34.7 Å². The van der Waals surface area contributed by atoms with Gasteiger partial charge in [-0.15, -0.1) is 0 Å². The number of hydrogen-bond donors (Lipinski definition) is 1. The zero-order valence-electron chi connectivity index (χ0n) is 13.7. The van der Waals surface area contributed by atoms with Crippen LogP contribution in [0.1, 0.15) is 5.56 Å². The molecule has 0 atom stereocenters. The number of nitrogens with zero attached hydrogens (tertiary/aromatic N) is 4. The van der Waals surface area contributed by atoms with Crippen molar-refractivity contribution in [3.8, 4) is 0 Å². The van der Waals surface area contributed by atoms with Gasteiger partial charge in [0, 0.05) is 25.7 Å². The first-order valence-electron chi connectivity index (χ1n) is 7.46. The fourth-order valence-corrected chi connectivity index (χ4v) is 3.97. The summed E-state index contributed by atoms with van der Waals surface area (Å²) in [6.07, 6.45) is 1.48. The summed E-state index contributed by atoms with van der Waals surface area (Å²) in [5.74, 6) is 0.235. The van der Waals surface area contributed by atoms with Crippen molar-refractivity contribution in [3.05, 3.63) is 41.2 Å². The van der Waals surface area contributed by atoms with Gasteiger partial charge in [-0.2, -0.15) is 4.98 Å². The maximum absolute atomic E-state index is 12.1. The van der Waals surface area contributed by atoms with E-state index in [1.54, 1.807) is 0 Å². The van der Waals surface area contributed by atoms with Crippen molar-refractivity contribution in [3.63, 3.8) is 0 Å². The average molecular weight is 394 g/mol. The van der Waals surface area contributed by atoms with Crippen molar-refractivity contribution in [2.75, 3.05) is 24.7 Å². The largest absolute Gasteiger partial charge is 0.354 e. The number of nitrogens with one attached hydrogen (secondary N) is 1. The molecule has 1 aromatic carbocycles. The van der Waals surface area contributed by atoms with Gasteiger partial charge in [0.1, 0.15) is 16.1 Å². The number of fused-ring (bicyclic) bond motifs is 1. The highest BCUT2D eigenvalue weighted by molar-refractivity contribution is 8.00. The average Bonchev–Trinajstić information content (AvgIpc) is 3.04. The van der Waals surface area contributed by atoms with Gasteiger partial charge in [0.2, 0.25) is 5.91 Å². The Balaban J connectivity index is 1.60. The molecule has 0 fully saturated rings. The summed E-state index contributed by atoms with van der Waals surface area (Å²) in [5, 5.41) is 5.21. The molecule has 0 aliphatic carbocycles. The molecule has 2 heterocycles. The van der Waals surface area contributed by atoms with Crippen LogP contribution in [-0.4, -0.2) is 40.7 Å². The van der Waals surface area contributed by atoms with E-state index >= 15 is 0 Å². The van der Waals surface area contributed by atoms with Crippen molar-refractivity contribution >= 4 is 56.1 Å². The van der Waals surface area contributed by atoms with Crippen LogP contribution in [0.4, 0.5) is 5.13 Å². The number of thioether (sulfide) groups is 1. The summed E-state index contributed by atoms with van der Waals surface area (Å²) in [4.78, 5) is 26.9. The number of carbonyl (C=O) groups excluding carboxylic acids is 1. The molecular formula is C16H16ClN5OS2. The van der Waals surface area contributed by atoms with E-state index in [0.29, 0.717) is 17.2 Å². The SMILES string of the molecule is CN(C)c1nc2ncnc(SCC(=O)NCc3ccc(Cl)cc3)c2s1. The predicted octanol–water partition coefficient (Wildman–Crippen LogP) is 3.21. The number of rotatable bonds is 6. The summed E-state index contributed by atoms with van der Waals surface area (Å²) >= 11 is 8.76. The van der Waals surface area contributed by atoms with Crippen LogP contribution < -0.4 is 10.2 Å². The van der Waals surface area contributed by atoms with Gasteiger partial charge in [-0.1, -0.05) is 46.8 Å². The van der Waals surface area contributed by atoms with E-state index in [0.717, 1.165) is 20.4 Å². The summed E-state index contributed by atoms with van der Waals surface area (Å²) in [6, 6.07) is 7.40. The summed E-state index contributed by atoms with van der Waals surface area (Å²) in [5.41, 5.74) is 1.66. The minimum atomic E-state index is -0.0518. The zero-order chi connectivity index (χ0) is 17.8. The third-order valence-corrected chi connectivity index (χ3v) is 5.86. The van der Waals surface area contributed by atoms with E-state index < -0.39 is 0 Å². The van der Waals surface area contributed by atoms with Crippen molar-refractivity contribution in [2.45, 2.75) is 11.6 Å². The smallest absolute Gasteiger partial charge is 0.230 e. The lowest BCUT2D eigenvalue weighted by Crippen LogP contribution is -2.24. The molecule has 3 rings (SSSR count). The van der Waals surface area contributed by atoms with Gasteiger partial charge in [0.05, 0.1) is 5.75 Å². The first kappa shape index (κ1) is 17.9. The molecule has 130 valence electrons. The topological polar surface area (TPSA) is 71.0 Å². The van der Waals surface area contributed by atoms with Gasteiger partial charge in [0.15, 0.2) is 10.8 Å². The maximum atomic E-state index is 12.1. The molecule has 0 spiro atoms. The molecule has 1 amide bonds. The first-order valence-corrected chi connectivity index (χ1v) is 9.64. The number of benzene rings is 1. The number of halogens is 1. The highest BCUT2D eigenvalue weighted by Crippen LogP contribution is 2.32. The lowest BCUT2D eigenvalue weighted by atomic mass is 10.2. The Labute approximate surface area is 158 Å². The van der Waals surface area contributed by atoms with Gasteiger partial charge < -0.3 is 10.2 Å². The van der Waals surface area contributed by atoms with Crippen molar-refractivity contribution in [2.24, 2.45) is 0 Å². The number of anilines is 1. The second-order valence-electron chi connectivity index (χ2n) is 5.41. The fourth-order valence-electron chi connectivity index (χ4n) is 2.00. The normalized spacial score (nSPS) is 10.8. The number of hydrogen-bond acceptors (Lipinski definition) is 7. The molecule has 9 heteroatoms. The van der Waals surface area contributed by atoms with Gasteiger partial charge >= 0.3 is 0 Å². The second-order valence-corrected chi connectivity index (χ2v) is 7.79. The maximum Gasteiger partial charge on any atom is 0.230 e. The van der Waals surface area contributed by atoms with Crippen molar-refractivity contribution in [1.29, 1.82) is 0 Å². The molecule has 3 aromatic rings. The van der Waals surface area contributed by atoms with E-state index in [4.69, 9.17) is 11.6 Å². The van der Waals surface area contributed by atoms with Crippen LogP contribution in [0.2, 0.25) is 5.02 Å².